The average Bonchev–Trinajstić information content (AvgIpc) is 2.34. The van der Waals surface area contributed by atoms with Crippen molar-refractivity contribution < 1.29 is 0 Å². The van der Waals surface area contributed by atoms with Crippen LogP contribution in [0.4, 0.5) is 0 Å². The molecule has 10 heavy (non-hydrogen) atoms. The lowest BCUT2D eigenvalue weighted by atomic mass is 10.3. The van der Waals surface area contributed by atoms with Gasteiger partial charge in [-0.25, -0.2) is 0 Å². The molecule has 0 fully saturated rings. The number of benzene rings is 1. The Morgan fingerprint density at radius 2 is 2.10 bits per heavy atom. The van der Waals surface area contributed by atoms with Crippen LogP contribution in [0.2, 0.25) is 0 Å². The van der Waals surface area contributed by atoms with Crippen LogP contribution in [0.3, 0.4) is 0 Å². The quantitative estimate of drug-likeness (QED) is 0.656. The van der Waals surface area contributed by atoms with E-state index in [-0.39, 0.29) is 0 Å². The number of hydrogen-bond acceptors (Lipinski definition) is 2. The van der Waals surface area contributed by atoms with Gasteiger partial charge in [0.1, 0.15) is 4.60 Å². The molecule has 50 valence electrons. The zero-order chi connectivity index (χ0) is 6.97. The van der Waals surface area contributed by atoms with Crippen LogP contribution < -0.4 is 0 Å². The molecule has 0 aliphatic rings. The highest BCUT2D eigenvalue weighted by Crippen LogP contribution is 2.25. The van der Waals surface area contributed by atoms with Crippen molar-refractivity contribution in [3.63, 3.8) is 0 Å². The molecule has 0 N–H and O–H groups in total. The first-order valence-corrected chi connectivity index (χ1v) is 4.44. The molecule has 0 unspecified atom stereocenters. The van der Waals surface area contributed by atoms with E-state index in [0.29, 0.717) is 0 Å². The molecule has 0 saturated heterocycles. The third kappa shape index (κ3) is 0.859. The zero-order valence-corrected chi connectivity index (χ0v) is 7.45. The van der Waals surface area contributed by atoms with Crippen molar-refractivity contribution in [3.8, 4) is 0 Å². The van der Waals surface area contributed by atoms with Gasteiger partial charge in [0.15, 0.2) is 0 Å². The van der Waals surface area contributed by atoms with Crippen molar-refractivity contribution >= 4 is 37.5 Å². The van der Waals surface area contributed by atoms with Crippen LogP contribution in [0.5, 0.6) is 0 Å². The molecule has 0 aliphatic heterocycles. The predicted molar refractivity (Wildman–Crippen MR) is 47.3 cm³/mol. The first-order chi connectivity index (χ1) is 4.88. The fraction of sp³-hybridized carbons (Fsp3) is 0. The van der Waals surface area contributed by atoms with Crippen molar-refractivity contribution in [2.24, 2.45) is 0 Å². The number of aromatic nitrogens is 1. The standard InChI is InChI=1S/C7H4BrNS/c8-7-5-3-1-2-4-6(5)10-9-7/h1-4H. The summed E-state index contributed by atoms with van der Waals surface area (Å²) in [5.74, 6) is 0. The summed E-state index contributed by atoms with van der Waals surface area (Å²) in [5.41, 5.74) is 0. The summed E-state index contributed by atoms with van der Waals surface area (Å²) in [6.07, 6.45) is 0. The molecule has 1 aromatic heterocycles. The van der Waals surface area contributed by atoms with E-state index in [0.717, 1.165) is 4.60 Å². The largest absolute Gasteiger partial charge is 0.184 e. The van der Waals surface area contributed by atoms with Gasteiger partial charge in [0.25, 0.3) is 0 Å². The Labute approximate surface area is 71.0 Å². The lowest BCUT2D eigenvalue weighted by molar-refractivity contribution is 1.53. The summed E-state index contributed by atoms with van der Waals surface area (Å²) < 4.78 is 6.34. The van der Waals surface area contributed by atoms with Crippen molar-refractivity contribution in [1.29, 1.82) is 0 Å². The molecule has 0 atom stereocenters. The molecule has 0 saturated carbocycles. The van der Waals surface area contributed by atoms with Gasteiger partial charge in [-0.3, -0.25) is 0 Å². The minimum atomic E-state index is 0.952. The van der Waals surface area contributed by atoms with E-state index >= 15 is 0 Å². The predicted octanol–water partition coefficient (Wildman–Crippen LogP) is 3.06. The van der Waals surface area contributed by atoms with Crippen LogP contribution in [0.1, 0.15) is 0 Å². The lowest BCUT2D eigenvalue weighted by Gasteiger charge is -1.83. The van der Waals surface area contributed by atoms with E-state index in [1.54, 1.807) is 0 Å². The minimum Gasteiger partial charge on any atom is -0.184 e. The van der Waals surface area contributed by atoms with Crippen LogP contribution in [0, 0.1) is 0 Å². The maximum absolute atomic E-state index is 4.15. The Hall–Kier alpha value is -0.410. The van der Waals surface area contributed by atoms with E-state index in [2.05, 4.69) is 32.4 Å². The van der Waals surface area contributed by atoms with Gasteiger partial charge in [0.05, 0.1) is 4.70 Å². The Bertz CT molecular complexity index is 355. The van der Waals surface area contributed by atoms with E-state index in [9.17, 15) is 0 Å². The van der Waals surface area contributed by atoms with Crippen molar-refractivity contribution in [1.82, 2.24) is 4.37 Å². The Balaban J connectivity index is 2.93. The van der Waals surface area contributed by atoms with Crippen LogP contribution in [-0.4, -0.2) is 4.37 Å². The SMILES string of the molecule is Brc1nsc2ccccc12. The van der Waals surface area contributed by atoms with E-state index < -0.39 is 0 Å². The second-order valence-electron chi connectivity index (χ2n) is 1.97. The molecule has 1 nitrogen and oxygen atoms in total. The highest BCUT2D eigenvalue weighted by molar-refractivity contribution is 9.10. The molecule has 0 bridgehead atoms. The van der Waals surface area contributed by atoms with Gasteiger partial charge in [0.2, 0.25) is 0 Å². The van der Waals surface area contributed by atoms with Crippen molar-refractivity contribution in [2.45, 2.75) is 0 Å². The van der Waals surface area contributed by atoms with Gasteiger partial charge in [-0.15, -0.1) is 0 Å². The minimum absolute atomic E-state index is 0.952. The van der Waals surface area contributed by atoms with Gasteiger partial charge in [-0.2, -0.15) is 4.37 Å². The van der Waals surface area contributed by atoms with E-state index in [1.807, 2.05) is 12.1 Å². The summed E-state index contributed by atoms with van der Waals surface area (Å²) >= 11 is 4.88. The molecule has 0 spiro atoms. The molecule has 2 rings (SSSR count). The Morgan fingerprint density at radius 1 is 1.30 bits per heavy atom. The number of fused-ring (bicyclic) bond motifs is 1. The van der Waals surface area contributed by atoms with Gasteiger partial charge in [-0.1, -0.05) is 18.2 Å². The Morgan fingerprint density at radius 3 is 2.90 bits per heavy atom. The molecule has 1 aromatic carbocycles. The highest BCUT2D eigenvalue weighted by atomic mass is 79.9. The maximum atomic E-state index is 4.15. The first kappa shape index (κ1) is 6.31. The summed E-state index contributed by atoms with van der Waals surface area (Å²) in [6, 6.07) is 8.16. The van der Waals surface area contributed by atoms with Crippen LogP contribution >= 0.6 is 27.5 Å². The molecule has 0 aliphatic carbocycles. The second-order valence-corrected chi connectivity index (χ2v) is 3.53. The fourth-order valence-corrected chi connectivity index (χ4v) is 2.23. The smallest absolute Gasteiger partial charge is 0.127 e. The number of nitrogens with zero attached hydrogens (tertiary/aromatic N) is 1. The molecule has 2 aromatic rings. The average molecular weight is 214 g/mol. The lowest BCUT2D eigenvalue weighted by Crippen LogP contribution is -1.61. The van der Waals surface area contributed by atoms with Crippen molar-refractivity contribution in [2.75, 3.05) is 0 Å². The number of hydrogen-bond donors (Lipinski definition) is 0. The van der Waals surface area contributed by atoms with Crippen LogP contribution in [0.15, 0.2) is 28.9 Å². The molecule has 0 amide bonds. The van der Waals surface area contributed by atoms with Crippen LogP contribution in [-0.2, 0) is 0 Å². The van der Waals surface area contributed by atoms with E-state index in [1.165, 1.54) is 21.6 Å². The molecule has 3 heteroatoms. The van der Waals surface area contributed by atoms with Gasteiger partial charge < -0.3 is 0 Å². The third-order valence-corrected chi connectivity index (χ3v) is 3.00. The normalized spacial score (nSPS) is 10.5. The monoisotopic (exact) mass is 213 g/mol. The third-order valence-electron chi connectivity index (χ3n) is 1.33. The van der Waals surface area contributed by atoms with Gasteiger partial charge >= 0.3 is 0 Å². The first-order valence-electron chi connectivity index (χ1n) is 2.88. The highest BCUT2D eigenvalue weighted by Gasteiger charge is 1.98. The van der Waals surface area contributed by atoms with Crippen LogP contribution in [0.25, 0.3) is 10.1 Å². The molecule has 1 heterocycles. The van der Waals surface area contributed by atoms with Gasteiger partial charge in [-0.05, 0) is 33.5 Å². The summed E-state index contributed by atoms with van der Waals surface area (Å²) in [7, 11) is 0. The van der Waals surface area contributed by atoms with Gasteiger partial charge in [0, 0.05) is 5.39 Å². The summed E-state index contributed by atoms with van der Waals surface area (Å²) in [4.78, 5) is 0. The van der Waals surface area contributed by atoms with E-state index in [4.69, 9.17) is 0 Å². The fourth-order valence-electron chi connectivity index (χ4n) is 0.855. The summed E-state index contributed by atoms with van der Waals surface area (Å²) in [5, 5.41) is 1.20. The maximum Gasteiger partial charge on any atom is 0.127 e. The topological polar surface area (TPSA) is 12.9 Å². The number of rotatable bonds is 0. The zero-order valence-electron chi connectivity index (χ0n) is 5.04. The molecule has 0 radical (unpaired) electrons. The number of halogens is 1. The molecular weight excluding hydrogens is 210 g/mol. The van der Waals surface area contributed by atoms with Crippen molar-refractivity contribution in [3.05, 3.63) is 28.9 Å². The Kier molecular flexibility index (Phi) is 1.47. The molecular formula is C7H4BrNS. The summed E-state index contributed by atoms with van der Waals surface area (Å²) in [6.45, 7) is 0. The second kappa shape index (κ2) is 2.32.